The van der Waals surface area contributed by atoms with Gasteiger partial charge in [0.15, 0.2) is 0 Å². The van der Waals surface area contributed by atoms with Crippen molar-refractivity contribution in [2.45, 2.75) is 38.4 Å². The Morgan fingerprint density at radius 1 is 1.56 bits per heavy atom. The number of aliphatic hydroxyl groups is 1. The number of hydrogen-bond acceptors (Lipinski definition) is 5. The Kier molecular flexibility index (Phi) is 3.59. The maximum absolute atomic E-state index is 11.9. The Morgan fingerprint density at radius 2 is 2.28 bits per heavy atom. The van der Waals surface area contributed by atoms with E-state index >= 15 is 0 Å². The van der Waals surface area contributed by atoms with Crippen molar-refractivity contribution in [3.05, 3.63) is 17.1 Å². The van der Waals surface area contributed by atoms with Crippen LogP contribution in [0.15, 0.2) is 11.4 Å². The third-order valence-corrected chi connectivity index (χ3v) is 3.35. The molecule has 1 aliphatic heterocycles. The van der Waals surface area contributed by atoms with E-state index < -0.39 is 11.7 Å². The maximum atomic E-state index is 11.9. The van der Waals surface area contributed by atoms with Gasteiger partial charge in [0.2, 0.25) is 0 Å². The van der Waals surface area contributed by atoms with Crippen LogP contribution in [-0.2, 0) is 4.74 Å². The van der Waals surface area contributed by atoms with Crippen LogP contribution in [0.2, 0.25) is 0 Å². The zero-order valence-corrected chi connectivity index (χ0v) is 11.6. The number of nitrogens with zero attached hydrogens (tertiary/aromatic N) is 2. The number of aromatic nitrogens is 1. The number of rotatable bonds is 1. The third-order valence-electron chi connectivity index (χ3n) is 2.78. The molecule has 6 heteroatoms. The fraction of sp³-hybridized carbons (Fsp3) is 0.667. The van der Waals surface area contributed by atoms with Crippen molar-refractivity contribution >= 4 is 17.6 Å². The van der Waals surface area contributed by atoms with Crippen molar-refractivity contribution in [3.8, 4) is 0 Å². The number of amides is 1. The fourth-order valence-electron chi connectivity index (χ4n) is 1.97. The number of carbonyl (C=O) groups is 1. The number of β-amino-alcohol motifs (C(OH)–C–C–N with tert-alkyl or cyclic N) is 1. The smallest absolute Gasteiger partial charge is 0.410 e. The molecule has 1 N–H and O–H groups in total. The molecule has 0 radical (unpaired) electrons. The Morgan fingerprint density at radius 3 is 2.83 bits per heavy atom. The average Bonchev–Trinajstić information content (AvgIpc) is 2.82. The lowest BCUT2D eigenvalue weighted by Gasteiger charge is -2.24. The number of carbonyl (C=O) groups excluding carboxylic acids is 1. The summed E-state index contributed by atoms with van der Waals surface area (Å²) >= 11 is 1.35. The van der Waals surface area contributed by atoms with Crippen LogP contribution in [0.4, 0.5) is 4.79 Å². The maximum Gasteiger partial charge on any atom is 0.410 e. The van der Waals surface area contributed by atoms with E-state index in [1.165, 1.54) is 11.5 Å². The van der Waals surface area contributed by atoms with Crippen LogP contribution >= 0.6 is 11.5 Å². The van der Waals surface area contributed by atoms with Crippen molar-refractivity contribution in [1.82, 2.24) is 9.27 Å². The van der Waals surface area contributed by atoms with Gasteiger partial charge in [0.25, 0.3) is 0 Å². The Labute approximate surface area is 111 Å². The van der Waals surface area contributed by atoms with Gasteiger partial charge in [-0.15, -0.1) is 0 Å². The minimum atomic E-state index is -0.570. The van der Waals surface area contributed by atoms with E-state index in [1.54, 1.807) is 4.90 Å². The molecule has 0 saturated carbocycles. The predicted octanol–water partition coefficient (Wildman–Crippen LogP) is 1.84. The number of aliphatic hydroxyl groups excluding tert-OH is 1. The molecule has 0 aliphatic carbocycles. The molecule has 2 rings (SSSR count). The molecule has 1 aliphatic rings. The van der Waals surface area contributed by atoms with Gasteiger partial charge in [-0.05, 0) is 38.4 Å². The molecule has 5 nitrogen and oxygen atoms in total. The normalized spacial score (nSPS) is 24.3. The summed E-state index contributed by atoms with van der Waals surface area (Å²) in [4.78, 5) is 13.4. The standard InChI is InChI=1S/C12H18N2O3S/c1-12(2,3)17-11(16)14-6-8(10(15)7-14)9-4-5-18-13-9/h4-5,8,10,15H,6-7H2,1-3H3/t8-,10+/m1/s1. The first-order valence-electron chi connectivity index (χ1n) is 5.93. The zero-order valence-electron chi connectivity index (χ0n) is 10.8. The van der Waals surface area contributed by atoms with Gasteiger partial charge in [0.1, 0.15) is 5.60 Å². The molecule has 1 amide bonds. The van der Waals surface area contributed by atoms with Gasteiger partial charge in [-0.2, -0.15) is 4.37 Å². The predicted molar refractivity (Wildman–Crippen MR) is 68.7 cm³/mol. The lowest BCUT2D eigenvalue weighted by Crippen LogP contribution is -2.35. The molecule has 0 spiro atoms. The molecule has 0 bridgehead atoms. The summed E-state index contributed by atoms with van der Waals surface area (Å²) in [5.41, 5.74) is 0.333. The second-order valence-corrected chi connectivity index (χ2v) is 6.15. The molecule has 2 heterocycles. The van der Waals surface area contributed by atoms with Crippen molar-refractivity contribution < 1.29 is 14.6 Å². The van der Waals surface area contributed by atoms with Gasteiger partial charge in [0.05, 0.1) is 18.3 Å². The quantitative estimate of drug-likeness (QED) is 0.845. The van der Waals surface area contributed by atoms with Crippen molar-refractivity contribution in [2.75, 3.05) is 13.1 Å². The highest BCUT2D eigenvalue weighted by molar-refractivity contribution is 7.03. The summed E-state index contributed by atoms with van der Waals surface area (Å²) < 4.78 is 9.51. The second kappa shape index (κ2) is 4.85. The highest BCUT2D eigenvalue weighted by atomic mass is 32.1. The lowest BCUT2D eigenvalue weighted by molar-refractivity contribution is 0.0270. The molecular formula is C12H18N2O3S. The Hall–Kier alpha value is -1.14. The van der Waals surface area contributed by atoms with E-state index in [2.05, 4.69) is 4.37 Å². The first-order chi connectivity index (χ1) is 8.37. The second-order valence-electron chi connectivity index (χ2n) is 5.48. The summed E-state index contributed by atoms with van der Waals surface area (Å²) in [6, 6.07) is 1.89. The highest BCUT2D eigenvalue weighted by Gasteiger charge is 2.37. The van der Waals surface area contributed by atoms with E-state index in [-0.39, 0.29) is 12.0 Å². The van der Waals surface area contributed by atoms with Crippen molar-refractivity contribution in [1.29, 1.82) is 0 Å². The summed E-state index contributed by atoms with van der Waals surface area (Å²) in [6.45, 7) is 6.25. The van der Waals surface area contributed by atoms with Gasteiger partial charge in [0, 0.05) is 17.8 Å². The van der Waals surface area contributed by atoms with Gasteiger partial charge < -0.3 is 14.7 Å². The van der Waals surface area contributed by atoms with Gasteiger partial charge in [-0.3, -0.25) is 0 Å². The zero-order chi connectivity index (χ0) is 13.3. The van der Waals surface area contributed by atoms with Gasteiger partial charge in [-0.25, -0.2) is 4.79 Å². The molecule has 1 aromatic heterocycles. The molecule has 1 saturated heterocycles. The largest absolute Gasteiger partial charge is 0.444 e. The topological polar surface area (TPSA) is 62.7 Å². The summed E-state index contributed by atoms with van der Waals surface area (Å²) in [5, 5.41) is 11.9. The molecule has 0 unspecified atom stereocenters. The summed E-state index contributed by atoms with van der Waals surface area (Å²) in [6.07, 6.45) is -0.945. The van der Waals surface area contributed by atoms with Crippen LogP contribution in [0.5, 0.6) is 0 Å². The number of ether oxygens (including phenoxy) is 1. The van der Waals surface area contributed by atoms with Gasteiger partial charge >= 0.3 is 6.09 Å². The summed E-state index contributed by atoms with van der Waals surface area (Å²) in [7, 11) is 0. The molecule has 1 fully saturated rings. The van der Waals surface area contributed by atoms with Crippen LogP contribution in [0.1, 0.15) is 32.4 Å². The summed E-state index contributed by atoms with van der Waals surface area (Å²) in [5.74, 6) is -0.108. The molecule has 2 atom stereocenters. The monoisotopic (exact) mass is 270 g/mol. The van der Waals surface area contributed by atoms with Crippen LogP contribution in [-0.4, -0.2) is 45.3 Å². The van der Waals surface area contributed by atoms with Crippen LogP contribution in [0.3, 0.4) is 0 Å². The highest BCUT2D eigenvalue weighted by Crippen LogP contribution is 2.28. The molecule has 0 aromatic carbocycles. The van der Waals surface area contributed by atoms with Crippen molar-refractivity contribution in [2.24, 2.45) is 0 Å². The van der Waals surface area contributed by atoms with E-state index in [1.807, 2.05) is 32.2 Å². The van der Waals surface area contributed by atoms with E-state index in [0.29, 0.717) is 13.1 Å². The molecule has 100 valence electrons. The fourth-order valence-corrected chi connectivity index (χ4v) is 2.55. The van der Waals surface area contributed by atoms with Crippen LogP contribution in [0.25, 0.3) is 0 Å². The van der Waals surface area contributed by atoms with E-state index in [4.69, 9.17) is 4.74 Å². The first-order valence-corrected chi connectivity index (χ1v) is 6.77. The average molecular weight is 270 g/mol. The van der Waals surface area contributed by atoms with Crippen molar-refractivity contribution in [3.63, 3.8) is 0 Å². The Balaban J connectivity index is 2.00. The molecule has 1 aromatic rings. The number of likely N-dealkylation sites (tertiary alicyclic amines) is 1. The number of hydrogen-bond donors (Lipinski definition) is 1. The minimum Gasteiger partial charge on any atom is -0.444 e. The molecule has 18 heavy (non-hydrogen) atoms. The SMILES string of the molecule is CC(C)(C)OC(=O)N1C[C@H](c2ccsn2)[C@@H](O)C1. The van der Waals surface area contributed by atoms with Crippen LogP contribution < -0.4 is 0 Å². The van der Waals surface area contributed by atoms with Crippen LogP contribution in [0, 0.1) is 0 Å². The Bertz CT molecular complexity index is 413. The van der Waals surface area contributed by atoms with E-state index in [9.17, 15) is 9.90 Å². The minimum absolute atomic E-state index is 0.108. The third kappa shape index (κ3) is 3.00. The molecular weight excluding hydrogens is 252 g/mol. The first kappa shape index (κ1) is 13.3. The van der Waals surface area contributed by atoms with Gasteiger partial charge in [-0.1, -0.05) is 0 Å². The lowest BCUT2D eigenvalue weighted by atomic mass is 10.0. The van der Waals surface area contributed by atoms with E-state index in [0.717, 1.165) is 5.69 Å².